The fourth-order valence-electron chi connectivity index (χ4n) is 11.2. The van der Waals surface area contributed by atoms with Crippen molar-refractivity contribution < 1.29 is 24.1 Å². The summed E-state index contributed by atoms with van der Waals surface area (Å²) < 4.78 is 25.3. The van der Waals surface area contributed by atoms with Crippen LogP contribution in [0.15, 0.2) is 0 Å². The van der Waals surface area contributed by atoms with Crippen molar-refractivity contribution in [2.45, 2.75) is 75.9 Å². The Bertz CT molecular complexity index is 750. The Labute approximate surface area is 193 Å². The lowest BCUT2D eigenvalue weighted by Gasteiger charge is -2.70. The largest absolute Gasteiger partial charge is 0.392 e. The van der Waals surface area contributed by atoms with Crippen LogP contribution in [-0.4, -0.2) is 87.6 Å². The van der Waals surface area contributed by atoms with Gasteiger partial charge >= 0.3 is 0 Å². The van der Waals surface area contributed by atoms with Gasteiger partial charge in [-0.3, -0.25) is 4.90 Å². The van der Waals surface area contributed by atoms with Crippen LogP contribution in [0.5, 0.6) is 0 Å². The first-order chi connectivity index (χ1) is 15.5. The van der Waals surface area contributed by atoms with Crippen LogP contribution in [0.4, 0.5) is 0 Å². The summed E-state index contributed by atoms with van der Waals surface area (Å²) in [6.07, 6.45) is 5.41. The second-order valence-electron chi connectivity index (χ2n) is 11.8. The average molecular weight is 450 g/mol. The third kappa shape index (κ3) is 2.29. The Hall–Kier alpha value is -0.240. The maximum absolute atomic E-state index is 11.7. The first-order valence-corrected chi connectivity index (χ1v) is 13.1. The first-order valence-electron chi connectivity index (χ1n) is 13.1. The summed E-state index contributed by atoms with van der Waals surface area (Å²) in [5.74, 6) is 1.81. The molecule has 1 aliphatic heterocycles. The average Bonchev–Trinajstić information content (AvgIpc) is 3.20. The molecule has 32 heavy (non-hydrogen) atoms. The van der Waals surface area contributed by atoms with E-state index >= 15 is 0 Å². The molecule has 1 N–H and O–H groups in total. The van der Waals surface area contributed by atoms with E-state index in [9.17, 15) is 5.11 Å². The van der Waals surface area contributed by atoms with Crippen molar-refractivity contribution in [2.75, 3.05) is 47.6 Å². The van der Waals surface area contributed by atoms with Gasteiger partial charge in [0.15, 0.2) is 0 Å². The molecule has 1 spiro atoms. The molecule has 6 nitrogen and oxygen atoms in total. The number of aliphatic hydroxyl groups is 1. The normalized spacial score (nSPS) is 57.8. The molecule has 5 saturated carbocycles. The zero-order chi connectivity index (χ0) is 22.5. The van der Waals surface area contributed by atoms with E-state index in [2.05, 4.69) is 18.7 Å². The zero-order valence-electron chi connectivity index (χ0n) is 20.6. The molecule has 6 fully saturated rings. The maximum Gasteiger partial charge on any atom is 0.0806 e. The highest BCUT2D eigenvalue weighted by molar-refractivity contribution is 5.33. The summed E-state index contributed by atoms with van der Waals surface area (Å²) in [7, 11) is 5.64. The SMILES string of the molecule is CCO[C@]12C[C@H](OC)[C@H]3C[C@H]([C@@H]1[C@H]3O)[C@@]13C4[C@@H]2C[C@@H]1[C@@](COC)(CC[C@@H]3OC)CN4CC. The number of piperidine rings is 1. The van der Waals surface area contributed by atoms with Crippen LogP contribution < -0.4 is 0 Å². The molecular weight excluding hydrogens is 406 g/mol. The zero-order valence-corrected chi connectivity index (χ0v) is 20.6. The summed E-state index contributed by atoms with van der Waals surface area (Å²) >= 11 is 0. The van der Waals surface area contributed by atoms with Gasteiger partial charge in [0.25, 0.3) is 0 Å². The maximum atomic E-state index is 11.7. The lowest BCUT2D eigenvalue weighted by molar-refractivity contribution is -0.285. The monoisotopic (exact) mass is 449 g/mol. The van der Waals surface area contributed by atoms with Crippen molar-refractivity contribution in [1.82, 2.24) is 4.90 Å². The Morgan fingerprint density at radius 1 is 1.06 bits per heavy atom. The number of rotatable bonds is 7. The summed E-state index contributed by atoms with van der Waals surface area (Å²) in [6, 6.07) is 0.460. The standard InChI is InChI=1S/C26H43NO5/c1-6-27-13-24(14-29-3)9-8-20(31-5)26-16-10-15-18(30-4)12-25(32-7-2,21(16)22(15)28)17(23(26)27)11-19(24)26/h15-23,28H,6-14H2,1-5H3/t15-,16-,17+,18+,19-,20+,21-,22+,23?,24+,25+,26-/m1/s1. The van der Waals surface area contributed by atoms with E-state index in [0.717, 1.165) is 39.0 Å². The second kappa shape index (κ2) is 7.38. The number of fused-ring (bicyclic) bond motifs is 2. The lowest BCUT2D eigenvalue weighted by Crippen LogP contribution is -2.76. The van der Waals surface area contributed by atoms with E-state index in [1.807, 2.05) is 21.3 Å². The molecule has 12 atom stereocenters. The highest BCUT2D eigenvalue weighted by atomic mass is 16.5. The van der Waals surface area contributed by atoms with E-state index in [1.165, 1.54) is 12.8 Å². The first kappa shape index (κ1) is 22.2. The van der Waals surface area contributed by atoms with Crippen molar-refractivity contribution in [3.63, 3.8) is 0 Å². The molecule has 0 aromatic carbocycles. The van der Waals surface area contributed by atoms with Crippen LogP contribution in [0.3, 0.4) is 0 Å². The van der Waals surface area contributed by atoms with E-state index in [1.54, 1.807) is 0 Å². The molecule has 6 heteroatoms. The predicted octanol–water partition coefficient (Wildman–Crippen LogP) is 2.58. The van der Waals surface area contributed by atoms with E-state index < -0.39 is 0 Å². The van der Waals surface area contributed by atoms with Gasteiger partial charge in [-0.15, -0.1) is 0 Å². The van der Waals surface area contributed by atoms with Gasteiger partial charge in [-0.05, 0) is 51.0 Å². The van der Waals surface area contributed by atoms with E-state index in [0.29, 0.717) is 30.4 Å². The van der Waals surface area contributed by atoms with Crippen LogP contribution in [0.25, 0.3) is 0 Å². The van der Waals surface area contributed by atoms with Crippen LogP contribution >= 0.6 is 0 Å². The number of hydrogen-bond acceptors (Lipinski definition) is 6. The minimum atomic E-state index is -0.338. The Morgan fingerprint density at radius 2 is 1.88 bits per heavy atom. The molecule has 0 aromatic heterocycles. The molecule has 0 radical (unpaired) electrons. The number of ether oxygens (including phenoxy) is 4. The van der Waals surface area contributed by atoms with Crippen LogP contribution in [0, 0.1) is 40.4 Å². The van der Waals surface area contributed by atoms with Crippen molar-refractivity contribution in [3.8, 4) is 0 Å². The third-order valence-electron chi connectivity index (χ3n) is 11.5. The molecule has 6 rings (SSSR count). The highest BCUT2D eigenvalue weighted by Gasteiger charge is 2.84. The minimum Gasteiger partial charge on any atom is -0.392 e. The van der Waals surface area contributed by atoms with Crippen molar-refractivity contribution in [2.24, 2.45) is 40.4 Å². The van der Waals surface area contributed by atoms with Gasteiger partial charge in [0, 0.05) is 75.5 Å². The Morgan fingerprint density at radius 3 is 2.53 bits per heavy atom. The summed E-state index contributed by atoms with van der Waals surface area (Å²) in [6.45, 7) is 8.16. The van der Waals surface area contributed by atoms with Crippen LogP contribution in [-0.2, 0) is 18.9 Å². The van der Waals surface area contributed by atoms with E-state index in [4.69, 9.17) is 18.9 Å². The van der Waals surface area contributed by atoms with Crippen molar-refractivity contribution >= 4 is 0 Å². The van der Waals surface area contributed by atoms with Crippen LogP contribution in [0.2, 0.25) is 0 Å². The van der Waals surface area contributed by atoms with Gasteiger partial charge in [-0.25, -0.2) is 0 Å². The summed E-state index contributed by atoms with van der Waals surface area (Å²) in [5.41, 5.74) is -0.0382. The topological polar surface area (TPSA) is 60.4 Å². The lowest BCUT2D eigenvalue weighted by atomic mass is 9.43. The van der Waals surface area contributed by atoms with Crippen molar-refractivity contribution in [3.05, 3.63) is 0 Å². The Balaban J connectivity index is 1.59. The molecule has 6 aliphatic rings. The number of likely N-dealkylation sites (tertiary alicyclic amines) is 1. The number of methoxy groups -OCH3 is 3. The van der Waals surface area contributed by atoms with Crippen LogP contribution in [0.1, 0.15) is 46.0 Å². The van der Waals surface area contributed by atoms with Gasteiger partial charge in [0.2, 0.25) is 0 Å². The van der Waals surface area contributed by atoms with Gasteiger partial charge in [-0.1, -0.05) is 6.92 Å². The molecule has 0 amide bonds. The third-order valence-corrected chi connectivity index (χ3v) is 11.5. The Kier molecular flexibility index (Phi) is 5.13. The van der Waals surface area contributed by atoms with Gasteiger partial charge in [0.05, 0.1) is 30.5 Å². The molecular formula is C26H43NO5. The van der Waals surface area contributed by atoms with Gasteiger partial charge in [0.1, 0.15) is 0 Å². The molecule has 0 aromatic rings. The van der Waals surface area contributed by atoms with Crippen molar-refractivity contribution in [1.29, 1.82) is 0 Å². The number of hydrogen-bond donors (Lipinski definition) is 1. The highest BCUT2D eigenvalue weighted by Crippen LogP contribution is 2.79. The molecule has 5 aliphatic carbocycles. The molecule has 1 unspecified atom stereocenters. The molecule has 182 valence electrons. The van der Waals surface area contributed by atoms with E-state index in [-0.39, 0.29) is 46.6 Å². The number of aliphatic hydroxyl groups excluding tert-OH is 1. The molecule has 1 saturated heterocycles. The fourth-order valence-corrected chi connectivity index (χ4v) is 11.2. The smallest absolute Gasteiger partial charge is 0.0806 e. The minimum absolute atomic E-state index is 0.0775. The van der Waals surface area contributed by atoms with Gasteiger partial charge in [-0.2, -0.15) is 0 Å². The molecule has 7 bridgehead atoms. The number of nitrogens with zero attached hydrogens (tertiary/aromatic N) is 1. The second-order valence-corrected chi connectivity index (χ2v) is 11.8. The molecule has 1 heterocycles. The fraction of sp³-hybridized carbons (Fsp3) is 1.00. The summed E-state index contributed by atoms with van der Waals surface area (Å²) in [5, 5.41) is 11.7. The summed E-state index contributed by atoms with van der Waals surface area (Å²) in [4.78, 5) is 2.79. The quantitative estimate of drug-likeness (QED) is 0.645. The predicted molar refractivity (Wildman–Crippen MR) is 120 cm³/mol. The van der Waals surface area contributed by atoms with Gasteiger partial charge < -0.3 is 24.1 Å².